The van der Waals surface area contributed by atoms with Gasteiger partial charge in [-0.3, -0.25) is 9.78 Å². The lowest BCUT2D eigenvalue weighted by Crippen LogP contribution is -2.38. The Hall–Kier alpha value is -3.06. The highest BCUT2D eigenvalue weighted by Gasteiger charge is 2.25. The summed E-state index contributed by atoms with van der Waals surface area (Å²) in [6.07, 6.45) is 10.5. The van der Waals surface area contributed by atoms with Gasteiger partial charge in [0.2, 0.25) is 5.91 Å². The molecule has 3 heterocycles. The van der Waals surface area contributed by atoms with E-state index in [4.69, 9.17) is 4.98 Å². The normalized spacial score (nSPS) is 17.0. The molecule has 6 nitrogen and oxygen atoms in total. The smallest absolute Gasteiger partial charge is 0.246 e. The van der Waals surface area contributed by atoms with Crippen molar-refractivity contribution < 1.29 is 4.79 Å². The first-order chi connectivity index (χ1) is 13.8. The van der Waals surface area contributed by atoms with Crippen LogP contribution in [0.5, 0.6) is 0 Å². The van der Waals surface area contributed by atoms with Gasteiger partial charge in [0.1, 0.15) is 0 Å². The second-order valence-corrected chi connectivity index (χ2v) is 7.52. The predicted octanol–water partition coefficient (Wildman–Crippen LogP) is 4.10. The van der Waals surface area contributed by atoms with Gasteiger partial charge in [0, 0.05) is 42.9 Å². The SMILES string of the molecule is O=C(/C=C/c1ccccc1)N1CCC[C@H](c2csc(Nc3cnccn3)n2)C1. The standard InChI is InChI=1S/C21H21N5OS/c27-20(9-8-16-5-2-1-3-6-16)26-12-4-7-17(14-26)18-15-28-21(24-18)25-19-13-22-10-11-23-19/h1-3,5-6,8-11,13,15,17H,4,7,12,14H2,(H,23,24,25)/b9-8+/t17-/m0/s1. The minimum Gasteiger partial charge on any atom is -0.338 e. The fourth-order valence-corrected chi connectivity index (χ4v) is 4.06. The van der Waals surface area contributed by atoms with Crippen molar-refractivity contribution in [2.75, 3.05) is 18.4 Å². The summed E-state index contributed by atoms with van der Waals surface area (Å²) < 4.78 is 0. The second kappa shape index (κ2) is 8.75. The Morgan fingerprint density at radius 3 is 2.96 bits per heavy atom. The lowest BCUT2D eigenvalue weighted by Gasteiger charge is -2.31. The van der Waals surface area contributed by atoms with Gasteiger partial charge in [-0.2, -0.15) is 0 Å². The van der Waals surface area contributed by atoms with Crippen molar-refractivity contribution in [1.82, 2.24) is 19.9 Å². The van der Waals surface area contributed by atoms with E-state index >= 15 is 0 Å². The number of anilines is 2. The van der Waals surface area contributed by atoms with E-state index in [-0.39, 0.29) is 11.8 Å². The summed E-state index contributed by atoms with van der Waals surface area (Å²) in [4.78, 5) is 27.5. The molecule has 1 aliphatic rings. The van der Waals surface area contributed by atoms with E-state index in [9.17, 15) is 4.79 Å². The highest BCUT2D eigenvalue weighted by molar-refractivity contribution is 7.13. The minimum absolute atomic E-state index is 0.0571. The number of carbonyl (C=O) groups is 1. The third kappa shape index (κ3) is 4.61. The van der Waals surface area contributed by atoms with E-state index in [0.717, 1.165) is 35.8 Å². The number of nitrogens with one attached hydrogen (secondary N) is 1. The maximum Gasteiger partial charge on any atom is 0.246 e. The molecule has 1 saturated heterocycles. The van der Waals surface area contributed by atoms with Crippen LogP contribution < -0.4 is 5.32 Å². The van der Waals surface area contributed by atoms with E-state index in [1.807, 2.05) is 41.3 Å². The zero-order chi connectivity index (χ0) is 19.2. The van der Waals surface area contributed by atoms with Crippen molar-refractivity contribution in [2.24, 2.45) is 0 Å². The molecule has 1 aliphatic heterocycles. The van der Waals surface area contributed by atoms with Gasteiger partial charge in [-0.25, -0.2) is 9.97 Å². The molecule has 0 bridgehead atoms. The molecule has 1 aromatic carbocycles. The van der Waals surface area contributed by atoms with Gasteiger partial charge in [0.15, 0.2) is 10.9 Å². The first-order valence-electron chi connectivity index (χ1n) is 9.28. The number of carbonyl (C=O) groups excluding carboxylic acids is 1. The number of aromatic nitrogens is 3. The number of nitrogens with zero attached hydrogens (tertiary/aromatic N) is 4. The number of thiazole rings is 1. The molecule has 28 heavy (non-hydrogen) atoms. The summed E-state index contributed by atoms with van der Waals surface area (Å²) >= 11 is 1.55. The fourth-order valence-electron chi connectivity index (χ4n) is 3.26. The maximum absolute atomic E-state index is 12.6. The van der Waals surface area contributed by atoms with Gasteiger partial charge >= 0.3 is 0 Å². The summed E-state index contributed by atoms with van der Waals surface area (Å²) in [7, 11) is 0. The molecule has 1 fully saturated rings. The highest BCUT2D eigenvalue weighted by atomic mass is 32.1. The van der Waals surface area contributed by atoms with Crippen molar-refractivity contribution in [1.29, 1.82) is 0 Å². The largest absolute Gasteiger partial charge is 0.338 e. The molecule has 0 saturated carbocycles. The summed E-state index contributed by atoms with van der Waals surface area (Å²) in [5, 5.41) is 6.04. The van der Waals surface area contributed by atoms with Crippen LogP contribution in [-0.4, -0.2) is 38.8 Å². The summed E-state index contributed by atoms with van der Waals surface area (Å²) in [6.45, 7) is 1.50. The Labute approximate surface area is 168 Å². The van der Waals surface area contributed by atoms with Crippen molar-refractivity contribution in [3.63, 3.8) is 0 Å². The summed E-state index contributed by atoms with van der Waals surface area (Å²) in [6, 6.07) is 9.88. The number of rotatable bonds is 5. The van der Waals surface area contributed by atoms with Crippen LogP contribution in [-0.2, 0) is 4.79 Å². The summed E-state index contributed by atoms with van der Waals surface area (Å²) in [5.41, 5.74) is 2.06. The van der Waals surface area contributed by atoms with Crippen LogP contribution in [0.15, 0.2) is 60.4 Å². The van der Waals surface area contributed by atoms with Gasteiger partial charge in [-0.1, -0.05) is 30.3 Å². The van der Waals surface area contributed by atoms with Crippen LogP contribution in [0.2, 0.25) is 0 Å². The van der Waals surface area contributed by atoms with E-state index in [2.05, 4.69) is 20.7 Å². The number of benzene rings is 1. The van der Waals surface area contributed by atoms with E-state index in [1.54, 1.807) is 36.0 Å². The number of amides is 1. The zero-order valence-corrected chi connectivity index (χ0v) is 16.2. The molecule has 2 aromatic heterocycles. The monoisotopic (exact) mass is 391 g/mol. The number of likely N-dealkylation sites (tertiary alicyclic amines) is 1. The first-order valence-corrected chi connectivity index (χ1v) is 10.2. The molecule has 142 valence electrons. The Kier molecular flexibility index (Phi) is 5.72. The quantitative estimate of drug-likeness (QED) is 0.663. The maximum atomic E-state index is 12.6. The molecule has 0 unspecified atom stereocenters. The predicted molar refractivity (Wildman–Crippen MR) is 111 cm³/mol. The van der Waals surface area contributed by atoms with Crippen LogP contribution >= 0.6 is 11.3 Å². The minimum atomic E-state index is 0.0571. The van der Waals surface area contributed by atoms with Crippen molar-refractivity contribution in [3.05, 3.63) is 71.6 Å². The van der Waals surface area contributed by atoms with Crippen LogP contribution in [0.3, 0.4) is 0 Å². The Morgan fingerprint density at radius 1 is 1.25 bits per heavy atom. The average molecular weight is 392 g/mol. The molecule has 4 rings (SSSR count). The third-order valence-electron chi connectivity index (χ3n) is 4.69. The number of hydrogen-bond acceptors (Lipinski definition) is 6. The molecule has 0 spiro atoms. The van der Waals surface area contributed by atoms with Crippen LogP contribution in [0.25, 0.3) is 6.08 Å². The van der Waals surface area contributed by atoms with Gasteiger partial charge in [-0.05, 0) is 24.5 Å². The molecule has 0 radical (unpaired) electrons. The zero-order valence-electron chi connectivity index (χ0n) is 15.4. The molecule has 1 N–H and O–H groups in total. The fraction of sp³-hybridized carbons (Fsp3) is 0.238. The molecule has 1 amide bonds. The van der Waals surface area contributed by atoms with Crippen LogP contribution in [0.4, 0.5) is 10.9 Å². The van der Waals surface area contributed by atoms with Crippen LogP contribution in [0, 0.1) is 0 Å². The van der Waals surface area contributed by atoms with Gasteiger partial charge in [-0.15, -0.1) is 11.3 Å². The van der Waals surface area contributed by atoms with Crippen molar-refractivity contribution >= 4 is 34.3 Å². The highest BCUT2D eigenvalue weighted by Crippen LogP contribution is 2.30. The Morgan fingerprint density at radius 2 is 2.14 bits per heavy atom. The Balaban J connectivity index is 1.38. The van der Waals surface area contributed by atoms with Gasteiger partial charge in [0.05, 0.1) is 11.9 Å². The summed E-state index contributed by atoms with van der Waals surface area (Å²) in [5.74, 6) is 0.994. The lowest BCUT2D eigenvalue weighted by atomic mass is 9.95. The van der Waals surface area contributed by atoms with E-state index < -0.39 is 0 Å². The third-order valence-corrected chi connectivity index (χ3v) is 5.47. The van der Waals surface area contributed by atoms with Gasteiger partial charge < -0.3 is 10.2 Å². The Bertz CT molecular complexity index is 942. The van der Waals surface area contributed by atoms with Gasteiger partial charge in [0.25, 0.3) is 0 Å². The number of piperidine rings is 1. The van der Waals surface area contributed by atoms with Crippen molar-refractivity contribution in [2.45, 2.75) is 18.8 Å². The molecule has 7 heteroatoms. The molecular formula is C21H21N5OS. The first kappa shape index (κ1) is 18.3. The van der Waals surface area contributed by atoms with Crippen LogP contribution in [0.1, 0.15) is 30.0 Å². The second-order valence-electron chi connectivity index (χ2n) is 6.66. The number of hydrogen-bond donors (Lipinski definition) is 1. The molecule has 0 aliphatic carbocycles. The van der Waals surface area contributed by atoms with Crippen molar-refractivity contribution in [3.8, 4) is 0 Å². The molecule has 3 aromatic rings. The topological polar surface area (TPSA) is 71.0 Å². The van der Waals surface area contributed by atoms with E-state index in [0.29, 0.717) is 12.4 Å². The average Bonchev–Trinajstić information content (AvgIpc) is 3.22. The van der Waals surface area contributed by atoms with E-state index in [1.165, 1.54) is 0 Å². The lowest BCUT2D eigenvalue weighted by molar-refractivity contribution is -0.127. The molecule has 1 atom stereocenters. The molecular weight excluding hydrogens is 370 g/mol.